The summed E-state index contributed by atoms with van der Waals surface area (Å²) in [6, 6.07) is 16.9. The van der Waals surface area contributed by atoms with Crippen LogP contribution in [0.15, 0.2) is 60.7 Å². The molecule has 10 heteroatoms. The summed E-state index contributed by atoms with van der Waals surface area (Å²) >= 11 is 3.31. The summed E-state index contributed by atoms with van der Waals surface area (Å²) < 4.78 is 39.5. The third-order valence-electron chi connectivity index (χ3n) is 7.09. The third-order valence-corrected chi connectivity index (χ3v) is 8.97. The SMILES string of the molecule is CNC(=O)C1=C(c2ccc(F)cc2)CCc2cc(NCCI)c(-c3cccc(C(=O)NC(C)(C)C(F)(F)I)c3)cc21. The molecule has 3 aromatic carbocycles. The van der Waals surface area contributed by atoms with Crippen molar-refractivity contribution in [3.63, 3.8) is 0 Å². The molecular weight excluding hydrogens is 757 g/mol. The van der Waals surface area contributed by atoms with Crippen LogP contribution in [-0.4, -0.2) is 39.3 Å². The Bertz CT molecular complexity index is 1500. The van der Waals surface area contributed by atoms with E-state index in [-0.39, 0.29) is 17.3 Å². The standard InChI is InChI=1S/C31H30F3I2N3O2/c1-30(2,31(33,34)36)39-28(40)21-6-4-5-19(15-21)24-17-25-20(16-26(24)38-14-13-35)9-12-23(27(25)29(41)37-3)18-7-10-22(32)11-8-18/h4-8,10-11,15-17,38H,9,12-14H2,1-3H3,(H,37,41)(H,39,40). The summed E-state index contributed by atoms with van der Waals surface area (Å²) in [6.07, 6.45) is 1.29. The molecule has 41 heavy (non-hydrogen) atoms. The summed E-state index contributed by atoms with van der Waals surface area (Å²) in [5, 5.41) is 8.66. The van der Waals surface area contributed by atoms with Crippen LogP contribution < -0.4 is 16.0 Å². The highest BCUT2D eigenvalue weighted by Gasteiger charge is 2.45. The first-order valence-electron chi connectivity index (χ1n) is 13.0. The highest BCUT2D eigenvalue weighted by Crippen LogP contribution is 2.42. The lowest BCUT2D eigenvalue weighted by Crippen LogP contribution is -2.53. The summed E-state index contributed by atoms with van der Waals surface area (Å²) in [5.74, 6) is -1.22. The fourth-order valence-corrected chi connectivity index (χ4v) is 5.18. The van der Waals surface area contributed by atoms with E-state index in [9.17, 15) is 22.8 Å². The number of carbonyl (C=O) groups excluding carboxylic acids is 2. The van der Waals surface area contributed by atoms with E-state index in [0.717, 1.165) is 60.5 Å². The summed E-state index contributed by atoms with van der Waals surface area (Å²) in [6.45, 7) is 3.26. The first-order valence-corrected chi connectivity index (χ1v) is 15.6. The normalized spacial score (nSPS) is 13.5. The molecule has 4 rings (SSSR count). The summed E-state index contributed by atoms with van der Waals surface area (Å²) in [4.78, 5) is 26.3. The average Bonchev–Trinajstić information content (AvgIpc) is 2.94. The van der Waals surface area contributed by atoms with Gasteiger partial charge in [0.25, 0.3) is 11.8 Å². The number of aryl methyl sites for hydroxylation is 1. The zero-order chi connectivity index (χ0) is 29.9. The number of halogens is 5. The van der Waals surface area contributed by atoms with Crippen molar-refractivity contribution in [1.82, 2.24) is 10.6 Å². The molecule has 0 heterocycles. The van der Waals surface area contributed by atoms with Crippen molar-refractivity contribution < 1.29 is 22.8 Å². The Morgan fingerprint density at radius 2 is 1.63 bits per heavy atom. The number of nitrogens with one attached hydrogen (secondary N) is 3. The molecule has 0 atom stereocenters. The fourth-order valence-electron chi connectivity index (χ4n) is 4.78. The topological polar surface area (TPSA) is 70.2 Å². The quantitative estimate of drug-likeness (QED) is 0.156. The van der Waals surface area contributed by atoms with Crippen LogP contribution in [0.25, 0.3) is 22.3 Å². The minimum atomic E-state index is -3.15. The van der Waals surface area contributed by atoms with E-state index in [2.05, 4.69) is 38.5 Å². The van der Waals surface area contributed by atoms with E-state index in [1.165, 1.54) is 26.0 Å². The molecule has 3 N–H and O–H groups in total. The Labute approximate surface area is 265 Å². The van der Waals surface area contributed by atoms with Gasteiger partial charge >= 0.3 is 3.93 Å². The maximum Gasteiger partial charge on any atom is 0.318 e. The van der Waals surface area contributed by atoms with Gasteiger partial charge < -0.3 is 16.0 Å². The number of benzene rings is 3. The molecule has 0 saturated heterocycles. The van der Waals surface area contributed by atoms with E-state index in [1.807, 2.05) is 18.2 Å². The van der Waals surface area contributed by atoms with Crippen molar-refractivity contribution >= 4 is 73.8 Å². The lowest BCUT2D eigenvalue weighted by molar-refractivity contribution is -0.115. The maximum atomic E-state index is 14.1. The van der Waals surface area contributed by atoms with Gasteiger partial charge in [0, 0.05) is 57.4 Å². The van der Waals surface area contributed by atoms with Gasteiger partial charge in [-0.3, -0.25) is 9.59 Å². The number of fused-ring (bicyclic) bond motifs is 1. The number of allylic oxidation sites excluding steroid dienone is 1. The molecule has 0 spiro atoms. The van der Waals surface area contributed by atoms with Crippen molar-refractivity contribution in [3.8, 4) is 11.1 Å². The number of hydrogen-bond acceptors (Lipinski definition) is 3. The molecule has 1 aliphatic rings. The third kappa shape index (κ3) is 6.90. The molecule has 3 aromatic rings. The highest BCUT2D eigenvalue weighted by atomic mass is 127. The van der Waals surface area contributed by atoms with Gasteiger partial charge in [-0.2, -0.15) is 8.78 Å². The van der Waals surface area contributed by atoms with Crippen LogP contribution in [0.1, 0.15) is 47.3 Å². The maximum absolute atomic E-state index is 14.1. The van der Waals surface area contributed by atoms with E-state index < -0.39 is 15.4 Å². The Hall–Kier alpha value is -2.61. The second-order valence-electron chi connectivity index (χ2n) is 10.3. The van der Waals surface area contributed by atoms with Crippen LogP contribution in [-0.2, 0) is 11.2 Å². The number of amides is 2. The zero-order valence-electron chi connectivity index (χ0n) is 22.8. The van der Waals surface area contributed by atoms with E-state index in [0.29, 0.717) is 30.5 Å². The van der Waals surface area contributed by atoms with Crippen LogP contribution in [0, 0.1) is 5.82 Å². The Morgan fingerprint density at radius 1 is 0.927 bits per heavy atom. The lowest BCUT2D eigenvalue weighted by atomic mass is 9.80. The number of rotatable bonds is 9. The summed E-state index contributed by atoms with van der Waals surface area (Å²) in [7, 11) is 1.58. The predicted molar refractivity (Wildman–Crippen MR) is 175 cm³/mol. The van der Waals surface area contributed by atoms with Gasteiger partial charge in [-0.15, -0.1) is 0 Å². The van der Waals surface area contributed by atoms with Crippen LogP contribution in [0.2, 0.25) is 0 Å². The smallest absolute Gasteiger partial charge is 0.318 e. The van der Waals surface area contributed by atoms with Crippen molar-refractivity contribution in [1.29, 1.82) is 0 Å². The van der Waals surface area contributed by atoms with Gasteiger partial charge in [0.2, 0.25) is 0 Å². The minimum Gasteiger partial charge on any atom is -0.384 e. The second-order valence-corrected chi connectivity index (χ2v) is 12.7. The predicted octanol–water partition coefficient (Wildman–Crippen LogP) is 7.48. The molecule has 216 valence electrons. The van der Waals surface area contributed by atoms with E-state index in [1.54, 1.807) is 37.4 Å². The molecule has 0 saturated carbocycles. The Kier molecular flexibility index (Phi) is 9.72. The van der Waals surface area contributed by atoms with Crippen molar-refractivity contribution in [2.75, 3.05) is 23.3 Å². The average molecular weight is 787 g/mol. The van der Waals surface area contributed by atoms with Gasteiger partial charge in [-0.25, -0.2) is 4.39 Å². The van der Waals surface area contributed by atoms with Crippen LogP contribution >= 0.6 is 45.2 Å². The number of anilines is 1. The van der Waals surface area contributed by atoms with Gasteiger partial charge in [0.1, 0.15) is 11.4 Å². The Morgan fingerprint density at radius 3 is 2.27 bits per heavy atom. The minimum absolute atomic E-state index is 0.239. The second kappa shape index (κ2) is 12.7. The molecule has 1 aliphatic carbocycles. The van der Waals surface area contributed by atoms with Gasteiger partial charge in [-0.05, 0) is 90.9 Å². The number of likely N-dealkylation sites (N-methyl/N-ethyl adjacent to an activating group) is 1. The largest absolute Gasteiger partial charge is 0.384 e. The molecule has 5 nitrogen and oxygen atoms in total. The molecule has 0 fully saturated rings. The van der Waals surface area contributed by atoms with Crippen LogP contribution in [0.3, 0.4) is 0 Å². The van der Waals surface area contributed by atoms with Crippen molar-refractivity contribution in [2.24, 2.45) is 0 Å². The van der Waals surface area contributed by atoms with Gasteiger partial charge in [-0.1, -0.05) is 46.9 Å². The fraction of sp³-hybridized carbons (Fsp3) is 0.290. The molecular formula is C31H30F3I2N3O2. The Balaban J connectivity index is 1.86. The summed E-state index contributed by atoms with van der Waals surface area (Å²) in [5.41, 5.74) is 4.65. The number of carbonyl (C=O) groups is 2. The van der Waals surface area contributed by atoms with Gasteiger partial charge in [0.05, 0.1) is 5.57 Å². The number of hydrogen-bond donors (Lipinski definition) is 3. The molecule has 0 aliphatic heterocycles. The highest BCUT2D eigenvalue weighted by molar-refractivity contribution is 14.1. The van der Waals surface area contributed by atoms with Crippen LogP contribution in [0.5, 0.6) is 0 Å². The zero-order valence-corrected chi connectivity index (χ0v) is 27.1. The molecule has 0 radical (unpaired) electrons. The molecule has 0 bridgehead atoms. The van der Waals surface area contributed by atoms with Crippen LogP contribution in [0.4, 0.5) is 18.9 Å². The monoisotopic (exact) mass is 787 g/mol. The van der Waals surface area contributed by atoms with Crippen molar-refractivity contribution in [2.45, 2.75) is 36.2 Å². The van der Waals surface area contributed by atoms with Gasteiger partial charge in [0.15, 0.2) is 0 Å². The molecule has 2 amide bonds. The first-order chi connectivity index (χ1) is 19.4. The van der Waals surface area contributed by atoms with E-state index in [4.69, 9.17) is 0 Å². The van der Waals surface area contributed by atoms with E-state index >= 15 is 0 Å². The van der Waals surface area contributed by atoms with Crippen molar-refractivity contribution in [3.05, 3.63) is 88.7 Å². The lowest BCUT2D eigenvalue weighted by Gasteiger charge is -2.31. The molecule has 0 unspecified atom stereocenters. The number of alkyl halides is 4. The first kappa shape index (κ1) is 31.3. The molecule has 0 aromatic heterocycles.